The van der Waals surface area contributed by atoms with Crippen molar-refractivity contribution >= 4 is 54.3 Å². The average molecular weight is 777 g/mol. The third kappa shape index (κ3) is 6.06. The summed E-state index contributed by atoms with van der Waals surface area (Å²) in [5.74, 6) is 0.675. The van der Waals surface area contributed by atoms with Crippen LogP contribution in [-0.4, -0.2) is 9.97 Å². The molecule has 0 aliphatic rings. The Labute approximate surface area is 352 Å². The van der Waals surface area contributed by atoms with E-state index in [1.807, 2.05) is 18.2 Å². The van der Waals surface area contributed by atoms with Crippen LogP contribution >= 0.6 is 0 Å². The summed E-state index contributed by atoms with van der Waals surface area (Å²) in [5, 5.41) is 9.68. The third-order valence-electron chi connectivity index (χ3n) is 12.1. The number of fused-ring (bicyclic) bond motifs is 7. The molecule has 61 heavy (non-hydrogen) atoms. The standard InChI is InChI=1S/C58H36N2O/c1-2-12-37(13-3-1)38-22-28-42(29-23-38)58-59-53(36-54(60-58)48-19-9-8-17-46(48)44-31-33-56-52(35-44)49-20-10-11-21-55(49)61-56)40-24-26-41(27-25-40)57-47-18-7-5-15-43(47)34-51-45-16-6-4-14-39(45)30-32-50(51)57/h1-36H. The van der Waals surface area contributed by atoms with Gasteiger partial charge in [0, 0.05) is 27.5 Å². The van der Waals surface area contributed by atoms with Crippen molar-refractivity contribution < 1.29 is 4.42 Å². The Morgan fingerprint density at radius 1 is 0.279 bits per heavy atom. The van der Waals surface area contributed by atoms with Crippen molar-refractivity contribution in [3.05, 3.63) is 218 Å². The van der Waals surface area contributed by atoms with E-state index < -0.39 is 0 Å². The van der Waals surface area contributed by atoms with Gasteiger partial charge in [-0.2, -0.15) is 0 Å². The van der Waals surface area contributed by atoms with Gasteiger partial charge in [0.05, 0.1) is 11.4 Å². The van der Waals surface area contributed by atoms with Crippen molar-refractivity contribution in [3.63, 3.8) is 0 Å². The van der Waals surface area contributed by atoms with Crippen LogP contribution in [0.25, 0.3) is 122 Å². The van der Waals surface area contributed by atoms with Gasteiger partial charge < -0.3 is 4.42 Å². The second-order valence-corrected chi connectivity index (χ2v) is 15.7. The van der Waals surface area contributed by atoms with Crippen LogP contribution in [0.3, 0.4) is 0 Å². The van der Waals surface area contributed by atoms with E-state index in [4.69, 9.17) is 14.4 Å². The molecule has 3 nitrogen and oxygen atoms in total. The first-order valence-corrected chi connectivity index (χ1v) is 20.7. The molecular weight excluding hydrogens is 741 g/mol. The fourth-order valence-corrected chi connectivity index (χ4v) is 9.10. The van der Waals surface area contributed by atoms with Gasteiger partial charge in [-0.25, -0.2) is 9.97 Å². The number of rotatable bonds is 6. The Hall–Kier alpha value is -8.14. The van der Waals surface area contributed by atoms with Crippen LogP contribution in [0.4, 0.5) is 0 Å². The maximum absolute atomic E-state index is 6.20. The summed E-state index contributed by atoms with van der Waals surface area (Å²) in [6.07, 6.45) is 0. The molecule has 0 saturated heterocycles. The van der Waals surface area contributed by atoms with Gasteiger partial charge in [-0.05, 0) is 96.0 Å². The lowest BCUT2D eigenvalue weighted by Crippen LogP contribution is -1.97. The summed E-state index contributed by atoms with van der Waals surface area (Å²) in [7, 11) is 0. The highest BCUT2D eigenvalue weighted by Gasteiger charge is 2.17. The zero-order chi connectivity index (χ0) is 40.3. The molecule has 0 aliphatic carbocycles. The molecule has 0 unspecified atom stereocenters. The Morgan fingerprint density at radius 2 is 0.869 bits per heavy atom. The summed E-state index contributed by atoms with van der Waals surface area (Å²) in [5.41, 5.74) is 13.4. The molecule has 0 aliphatic heterocycles. The van der Waals surface area contributed by atoms with E-state index in [0.29, 0.717) is 5.82 Å². The molecule has 0 spiro atoms. The van der Waals surface area contributed by atoms with Gasteiger partial charge in [0.2, 0.25) is 0 Å². The van der Waals surface area contributed by atoms with Gasteiger partial charge in [0.15, 0.2) is 5.82 Å². The molecule has 0 amide bonds. The number of furan rings is 1. The molecule has 0 atom stereocenters. The van der Waals surface area contributed by atoms with Gasteiger partial charge >= 0.3 is 0 Å². The summed E-state index contributed by atoms with van der Waals surface area (Å²) < 4.78 is 6.20. The van der Waals surface area contributed by atoms with E-state index in [0.717, 1.165) is 66.7 Å². The molecule has 0 fully saturated rings. The normalized spacial score (nSPS) is 11.6. The van der Waals surface area contributed by atoms with Gasteiger partial charge in [-0.1, -0.05) is 188 Å². The third-order valence-corrected chi connectivity index (χ3v) is 12.1. The Bertz CT molecular complexity index is 3620. The minimum absolute atomic E-state index is 0.675. The minimum atomic E-state index is 0.675. The number of hydrogen-bond donors (Lipinski definition) is 0. The van der Waals surface area contributed by atoms with Crippen molar-refractivity contribution in [2.75, 3.05) is 0 Å². The van der Waals surface area contributed by atoms with Crippen molar-refractivity contribution in [2.45, 2.75) is 0 Å². The molecule has 0 radical (unpaired) electrons. The Balaban J connectivity index is 1.01. The predicted molar refractivity (Wildman–Crippen MR) is 254 cm³/mol. The van der Waals surface area contributed by atoms with Crippen molar-refractivity contribution in [1.29, 1.82) is 0 Å². The van der Waals surface area contributed by atoms with Gasteiger partial charge in [-0.3, -0.25) is 0 Å². The van der Waals surface area contributed by atoms with E-state index in [1.54, 1.807) is 0 Å². The van der Waals surface area contributed by atoms with Crippen LogP contribution in [0.2, 0.25) is 0 Å². The second-order valence-electron chi connectivity index (χ2n) is 15.7. The summed E-state index contributed by atoms with van der Waals surface area (Å²) in [6, 6.07) is 77.6. The molecule has 10 aromatic carbocycles. The summed E-state index contributed by atoms with van der Waals surface area (Å²) in [4.78, 5) is 10.6. The van der Waals surface area contributed by atoms with E-state index >= 15 is 0 Å². The lowest BCUT2D eigenvalue weighted by atomic mass is 9.89. The zero-order valence-corrected chi connectivity index (χ0v) is 33.1. The fraction of sp³-hybridized carbons (Fsp3) is 0. The highest BCUT2D eigenvalue weighted by atomic mass is 16.3. The molecule has 2 aromatic heterocycles. The average Bonchev–Trinajstić information content (AvgIpc) is 3.71. The monoisotopic (exact) mass is 776 g/mol. The van der Waals surface area contributed by atoms with Crippen LogP contribution in [0.1, 0.15) is 0 Å². The molecular formula is C58H36N2O. The van der Waals surface area contributed by atoms with Crippen molar-refractivity contribution in [1.82, 2.24) is 9.97 Å². The van der Waals surface area contributed by atoms with Crippen molar-refractivity contribution in [2.24, 2.45) is 0 Å². The van der Waals surface area contributed by atoms with Crippen LogP contribution < -0.4 is 0 Å². The zero-order valence-electron chi connectivity index (χ0n) is 33.1. The van der Waals surface area contributed by atoms with Crippen LogP contribution in [0.15, 0.2) is 223 Å². The van der Waals surface area contributed by atoms with Crippen LogP contribution in [0.5, 0.6) is 0 Å². The maximum atomic E-state index is 6.20. The van der Waals surface area contributed by atoms with Crippen LogP contribution in [-0.2, 0) is 0 Å². The Morgan fingerprint density at radius 3 is 1.70 bits per heavy atom. The van der Waals surface area contributed by atoms with E-state index in [9.17, 15) is 0 Å². The van der Waals surface area contributed by atoms with Crippen LogP contribution in [0, 0.1) is 0 Å². The quantitative estimate of drug-likeness (QED) is 0.125. The van der Waals surface area contributed by atoms with E-state index in [-0.39, 0.29) is 0 Å². The Kier molecular flexibility index (Phi) is 8.17. The molecule has 0 saturated carbocycles. The molecule has 3 heteroatoms. The molecule has 2 heterocycles. The maximum Gasteiger partial charge on any atom is 0.160 e. The summed E-state index contributed by atoms with van der Waals surface area (Å²) in [6.45, 7) is 0. The molecule has 0 bridgehead atoms. The first-order chi connectivity index (χ1) is 30.2. The number of hydrogen-bond acceptors (Lipinski definition) is 3. The number of nitrogens with zero attached hydrogens (tertiary/aromatic N) is 2. The molecule has 12 aromatic rings. The smallest absolute Gasteiger partial charge is 0.160 e. The lowest BCUT2D eigenvalue weighted by Gasteiger charge is -2.15. The first-order valence-electron chi connectivity index (χ1n) is 20.7. The predicted octanol–water partition coefficient (Wildman–Crippen LogP) is 15.8. The summed E-state index contributed by atoms with van der Waals surface area (Å²) >= 11 is 0. The SMILES string of the molecule is c1ccc(-c2ccc(-c3nc(-c4ccc(-c5c6ccccc6cc6c5ccc5ccccc56)cc4)cc(-c4ccccc4-c4ccc5oc6ccccc6c5c4)n3)cc2)cc1. The lowest BCUT2D eigenvalue weighted by molar-refractivity contribution is 0.669. The highest BCUT2D eigenvalue weighted by Crippen LogP contribution is 2.41. The number of aromatic nitrogens is 2. The van der Waals surface area contributed by atoms with Gasteiger partial charge in [-0.15, -0.1) is 0 Å². The van der Waals surface area contributed by atoms with Gasteiger partial charge in [0.25, 0.3) is 0 Å². The topological polar surface area (TPSA) is 38.9 Å². The van der Waals surface area contributed by atoms with E-state index in [2.05, 4.69) is 200 Å². The fourth-order valence-electron chi connectivity index (χ4n) is 9.10. The second kappa shape index (κ2) is 14.3. The van der Waals surface area contributed by atoms with E-state index in [1.165, 1.54) is 49.0 Å². The molecule has 284 valence electrons. The minimum Gasteiger partial charge on any atom is -0.456 e. The van der Waals surface area contributed by atoms with Gasteiger partial charge in [0.1, 0.15) is 11.2 Å². The number of para-hydroxylation sites is 1. The highest BCUT2D eigenvalue weighted by molar-refractivity contribution is 6.20. The molecule has 12 rings (SSSR count). The largest absolute Gasteiger partial charge is 0.456 e. The molecule has 0 N–H and O–H groups in total. The van der Waals surface area contributed by atoms with Crippen molar-refractivity contribution in [3.8, 4) is 67.3 Å². The first kappa shape index (κ1) is 34.9. The number of benzene rings is 10.